The molecule has 1 unspecified atom stereocenters. The van der Waals surface area contributed by atoms with Crippen LogP contribution in [0.1, 0.15) is 6.92 Å². The fourth-order valence-corrected chi connectivity index (χ4v) is 0.769. The summed E-state index contributed by atoms with van der Waals surface area (Å²) >= 11 is 1.62. The van der Waals surface area contributed by atoms with Gasteiger partial charge in [0.25, 0.3) is 0 Å². The van der Waals surface area contributed by atoms with E-state index in [1.807, 2.05) is 18.7 Å². The van der Waals surface area contributed by atoms with E-state index in [4.69, 9.17) is 5.11 Å². The van der Waals surface area contributed by atoms with Gasteiger partial charge in [-0.15, -0.1) is 0 Å². The summed E-state index contributed by atoms with van der Waals surface area (Å²) < 4.78 is 0. The zero-order valence-electron chi connectivity index (χ0n) is 8.07. The quantitative estimate of drug-likeness (QED) is 0.553. The second-order valence-electron chi connectivity index (χ2n) is 2.54. The topological polar surface area (TPSA) is 87.7 Å². The number of carbonyl (C=O) groups excluding carboxylic acids is 1. The van der Waals surface area contributed by atoms with Crippen LogP contribution in [-0.4, -0.2) is 41.8 Å². The van der Waals surface area contributed by atoms with Crippen molar-refractivity contribution < 1.29 is 19.5 Å². The zero-order chi connectivity index (χ0) is 11.0. The number of urea groups is 1. The highest BCUT2D eigenvalue weighted by molar-refractivity contribution is 7.99. The summed E-state index contributed by atoms with van der Waals surface area (Å²) in [6.07, 6.45) is 1.94. The molecule has 0 radical (unpaired) electrons. The van der Waals surface area contributed by atoms with Crippen LogP contribution in [0.3, 0.4) is 0 Å². The molecule has 82 valence electrons. The number of carboxylic acid groups (broad SMARTS) is 1. The normalized spacial score (nSPS) is 11.9. The molecule has 0 bridgehead atoms. The molecular formula is C7H14N2O4S. The number of carboxylic acids is 1. The van der Waals surface area contributed by atoms with Gasteiger partial charge < -0.3 is 10.4 Å². The van der Waals surface area contributed by atoms with Gasteiger partial charge in [-0.25, -0.2) is 15.1 Å². The van der Waals surface area contributed by atoms with Gasteiger partial charge in [0.05, 0.1) is 0 Å². The molecule has 0 rings (SSSR count). The molecule has 0 aliphatic heterocycles. The van der Waals surface area contributed by atoms with E-state index in [1.165, 1.54) is 0 Å². The maximum atomic E-state index is 10.9. The molecule has 6 nitrogen and oxygen atoms in total. The first kappa shape index (κ1) is 13.1. The summed E-state index contributed by atoms with van der Waals surface area (Å²) in [4.78, 5) is 25.2. The van der Waals surface area contributed by atoms with E-state index in [2.05, 4.69) is 10.2 Å². The number of thioether (sulfide) groups is 1. The van der Waals surface area contributed by atoms with Gasteiger partial charge in [0.15, 0.2) is 6.61 Å². The Kier molecular flexibility index (Phi) is 6.95. The van der Waals surface area contributed by atoms with Gasteiger partial charge in [-0.3, -0.25) is 4.84 Å². The second-order valence-corrected chi connectivity index (χ2v) is 3.82. The molecule has 0 spiro atoms. The fraction of sp³-hybridized carbons (Fsp3) is 0.714. The Labute approximate surface area is 86.3 Å². The molecule has 0 aliphatic rings. The minimum Gasteiger partial charge on any atom is -0.479 e. The lowest BCUT2D eigenvalue weighted by Gasteiger charge is -2.10. The van der Waals surface area contributed by atoms with Crippen molar-refractivity contribution in [2.45, 2.75) is 12.2 Å². The van der Waals surface area contributed by atoms with E-state index in [0.29, 0.717) is 11.8 Å². The number of nitrogens with one attached hydrogen (secondary N) is 2. The molecule has 0 saturated carbocycles. The third kappa shape index (κ3) is 7.69. The van der Waals surface area contributed by atoms with Crippen LogP contribution < -0.4 is 10.8 Å². The fourth-order valence-electron chi connectivity index (χ4n) is 0.519. The van der Waals surface area contributed by atoms with Crippen molar-refractivity contribution in [3.63, 3.8) is 0 Å². The molecule has 14 heavy (non-hydrogen) atoms. The van der Waals surface area contributed by atoms with Crippen molar-refractivity contribution in [1.82, 2.24) is 10.8 Å². The Balaban J connectivity index is 3.41. The highest BCUT2D eigenvalue weighted by atomic mass is 32.2. The maximum Gasteiger partial charge on any atom is 0.338 e. The van der Waals surface area contributed by atoms with Crippen LogP contribution in [0.25, 0.3) is 0 Å². The Hall–Kier alpha value is -0.950. The van der Waals surface area contributed by atoms with Crippen molar-refractivity contribution in [3.05, 3.63) is 0 Å². The summed E-state index contributed by atoms with van der Waals surface area (Å²) in [6.45, 7) is 1.91. The zero-order valence-corrected chi connectivity index (χ0v) is 8.89. The van der Waals surface area contributed by atoms with Crippen molar-refractivity contribution in [1.29, 1.82) is 0 Å². The predicted octanol–water partition coefficient (Wildman–Crippen LogP) is 0.0533. The van der Waals surface area contributed by atoms with Crippen molar-refractivity contribution in [2.75, 3.05) is 19.4 Å². The molecule has 1 atom stereocenters. The van der Waals surface area contributed by atoms with Crippen LogP contribution in [0, 0.1) is 0 Å². The van der Waals surface area contributed by atoms with Crippen LogP contribution in [0.5, 0.6) is 0 Å². The van der Waals surface area contributed by atoms with Crippen LogP contribution in [0.2, 0.25) is 0 Å². The average Bonchev–Trinajstić information content (AvgIpc) is 2.13. The highest BCUT2D eigenvalue weighted by Crippen LogP contribution is 2.01. The lowest BCUT2D eigenvalue weighted by atomic mass is 10.5. The minimum absolute atomic E-state index is 0.306. The first-order valence-electron chi connectivity index (χ1n) is 3.96. The Bertz CT molecular complexity index is 200. The first-order chi connectivity index (χ1) is 6.56. The molecule has 0 aromatic carbocycles. The largest absolute Gasteiger partial charge is 0.479 e. The lowest BCUT2D eigenvalue weighted by Crippen LogP contribution is -2.39. The molecule has 0 aromatic rings. The van der Waals surface area contributed by atoms with Gasteiger partial charge in [0.2, 0.25) is 0 Å². The van der Waals surface area contributed by atoms with E-state index in [0.717, 1.165) is 0 Å². The SMILES string of the molecule is CSC(C)CNC(=O)NOCC(=O)O. The van der Waals surface area contributed by atoms with E-state index in [9.17, 15) is 9.59 Å². The number of hydrogen-bond donors (Lipinski definition) is 3. The summed E-state index contributed by atoms with van der Waals surface area (Å²) in [5, 5.41) is 11.0. The Morgan fingerprint density at radius 1 is 1.57 bits per heavy atom. The van der Waals surface area contributed by atoms with E-state index < -0.39 is 18.6 Å². The van der Waals surface area contributed by atoms with E-state index in [-0.39, 0.29) is 0 Å². The first-order valence-corrected chi connectivity index (χ1v) is 5.25. The lowest BCUT2D eigenvalue weighted by molar-refractivity contribution is -0.144. The van der Waals surface area contributed by atoms with Gasteiger partial charge >= 0.3 is 12.0 Å². The smallest absolute Gasteiger partial charge is 0.338 e. The third-order valence-corrected chi connectivity index (χ3v) is 2.28. The standard InChI is InChI=1S/C7H14N2O4S/c1-5(14-2)3-8-7(12)9-13-4-6(10)11/h5H,3-4H2,1-2H3,(H,10,11)(H2,8,9,12). The van der Waals surface area contributed by atoms with Crippen molar-refractivity contribution >= 4 is 23.8 Å². The number of aliphatic carboxylic acids is 1. The monoisotopic (exact) mass is 222 g/mol. The number of carbonyl (C=O) groups is 2. The maximum absolute atomic E-state index is 10.9. The van der Waals surface area contributed by atoms with Gasteiger partial charge in [0.1, 0.15) is 0 Å². The molecular weight excluding hydrogens is 208 g/mol. The van der Waals surface area contributed by atoms with Gasteiger partial charge in [0, 0.05) is 11.8 Å². The average molecular weight is 222 g/mol. The van der Waals surface area contributed by atoms with Crippen LogP contribution in [0.15, 0.2) is 0 Å². The number of amides is 2. The summed E-state index contributed by atoms with van der Waals surface area (Å²) in [5.74, 6) is -1.14. The number of hydrogen-bond acceptors (Lipinski definition) is 4. The third-order valence-electron chi connectivity index (χ3n) is 1.31. The molecule has 0 fully saturated rings. The van der Waals surface area contributed by atoms with E-state index >= 15 is 0 Å². The number of hydroxylamine groups is 1. The second kappa shape index (κ2) is 7.45. The van der Waals surface area contributed by atoms with Gasteiger partial charge in [-0.2, -0.15) is 11.8 Å². The molecule has 0 aromatic heterocycles. The Morgan fingerprint density at radius 3 is 2.71 bits per heavy atom. The summed E-state index contributed by atoms with van der Waals surface area (Å²) in [5.41, 5.74) is 1.95. The van der Waals surface area contributed by atoms with E-state index in [1.54, 1.807) is 11.8 Å². The van der Waals surface area contributed by atoms with Crippen molar-refractivity contribution in [3.8, 4) is 0 Å². The molecule has 0 saturated heterocycles. The molecule has 0 aliphatic carbocycles. The Morgan fingerprint density at radius 2 is 2.21 bits per heavy atom. The molecule has 3 N–H and O–H groups in total. The predicted molar refractivity (Wildman–Crippen MR) is 53.1 cm³/mol. The molecule has 0 heterocycles. The highest BCUT2D eigenvalue weighted by Gasteiger charge is 2.04. The van der Waals surface area contributed by atoms with Crippen molar-refractivity contribution in [2.24, 2.45) is 0 Å². The number of rotatable bonds is 6. The molecule has 7 heteroatoms. The van der Waals surface area contributed by atoms with Crippen LogP contribution >= 0.6 is 11.8 Å². The van der Waals surface area contributed by atoms with Crippen LogP contribution in [0.4, 0.5) is 4.79 Å². The molecule has 2 amide bonds. The summed E-state index contributed by atoms with van der Waals surface area (Å²) in [6, 6.07) is -0.535. The van der Waals surface area contributed by atoms with Gasteiger partial charge in [-0.1, -0.05) is 6.92 Å². The minimum atomic E-state index is -1.14. The van der Waals surface area contributed by atoms with Gasteiger partial charge in [-0.05, 0) is 6.26 Å². The van der Waals surface area contributed by atoms with Crippen LogP contribution in [-0.2, 0) is 9.63 Å². The summed E-state index contributed by atoms with van der Waals surface area (Å²) in [7, 11) is 0.